The third-order valence-corrected chi connectivity index (χ3v) is 4.38. The quantitative estimate of drug-likeness (QED) is 0.290. The van der Waals surface area contributed by atoms with Gasteiger partial charge in [-0.15, -0.1) is 0 Å². The van der Waals surface area contributed by atoms with Crippen molar-refractivity contribution in [3.8, 4) is 0 Å². The molecule has 4 N–H and O–H groups in total. The van der Waals surface area contributed by atoms with Crippen LogP contribution in [0.25, 0.3) is 0 Å². The van der Waals surface area contributed by atoms with E-state index in [9.17, 15) is 78.7 Å². The Kier molecular flexibility index (Phi) is 10.2. The van der Waals surface area contributed by atoms with Crippen molar-refractivity contribution in [2.24, 2.45) is 0 Å². The first-order chi connectivity index (χ1) is 13.4. The molecule has 0 aliphatic heterocycles. The van der Waals surface area contributed by atoms with Crippen LogP contribution in [0.4, 0.5) is 70.2 Å². The van der Waals surface area contributed by atoms with Crippen LogP contribution in [0, 0.1) is 0 Å². The zero-order valence-electron chi connectivity index (χ0n) is 14.5. The summed E-state index contributed by atoms with van der Waals surface area (Å²) in [6.45, 7) is 0. The third kappa shape index (κ3) is 5.45. The van der Waals surface area contributed by atoms with Gasteiger partial charge >= 0.3 is 33.8 Å². The molecule has 0 radical (unpaired) electrons. The highest BCUT2D eigenvalue weighted by atomic mass is 32.2. The maximum Gasteiger partial charge on any atom is 0.382 e. The molecule has 0 fully saturated rings. The fourth-order valence-electron chi connectivity index (χ4n) is 1.77. The lowest BCUT2D eigenvalue weighted by atomic mass is 9.91. The van der Waals surface area contributed by atoms with Gasteiger partial charge in [0, 0.05) is 0 Å². The SMILES string of the molecule is N.O=S(=O)(O)C(F)C(F)(F)C(F)(F)C(F)(F)C(F)(F)C(F)C(F)C(F)C(F)C(F)C(F)F. The fraction of sp³-hybridized carbons (Fsp3) is 1.00. The van der Waals surface area contributed by atoms with Gasteiger partial charge in [-0.25, -0.2) is 35.1 Å². The van der Waals surface area contributed by atoms with Gasteiger partial charge in [0.05, 0.1) is 0 Å². The molecule has 0 saturated carbocycles. The van der Waals surface area contributed by atoms with Crippen molar-refractivity contribution in [3.05, 3.63) is 0 Å². The predicted molar refractivity (Wildman–Crippen MR) is 71.7 cm³/mol. The second-order valence-electron chi connectivity index (χ2n) is 5.74. The summed E-state index contributed by atoms with van der Waals surface area (Å²) in [6, 6.07) is 0. The van der Waals surface area contributed by atoms with Crippen molar-refractivity contribution in [1.29, 1.82) is 0 Å². The Morgan fingerprint density at radius 1 is 0.562 bits per heavy atom. The number of alkyl halides is 16. The van der Waals surface area contributed by atoms with E-state index in [-0.39, 0.29) is 6.15 Å². The topological polar surface area (TPSA) is 89.4 Å². The number of hydrogen-bond acceptors (Lipinski definition) is 3. The van der Waals surface area contributed by atoms with Crippen molar-refractivity contribution < 1.29 is 83.2 Å². The first-order valence-electron chi connectivity index (χ1n) is 7.00. The number of halogens is 16. The Bertz CT molecular complexity index is 718. The van der Waals surface area contributed by atoms with Crippen LogP contribution < -0.4 is 6.15 Å². The van der Waals surface area contributed by atoms with Crippen LogP contribution in [0.3, 0.4) is 0 Å². The third-order valence-electron chi connectivity index (χ3n) is 3.56. The van der Waals surface area contributed by atoms with Gasteiger partial charge in [-0.2, -0.15) is 43.5 Å². The smallest absolute Gasteiger partial charge is 0.344 e. The molecular formula is C11H11F16NO3S. The molecule has 0 saturated heterocycles. The summed E-state index contributed by atoms with van der Waals surface area (Å²) in [5.41, 5.74) is -5.72. The van der Waals surface area contributed by atoms with E-state index in [1.165, 1.54) is 0 Å². The molecule has 21 heteroatoms. The molecular weight excluding hydrogens is 530 g/mol. The minimum atomic E-state index is -7.99. The zero-order valence-corrected chi connectivity index (χ0v) is 15.3. The molecule has 4 nitrogen and oxygen atoms in total. The predicted octanol–water partition coefficient (Wildman–Crippen LogP) is 4.83. The number of hydrogen-bond donors (Lipinski definition) is 2. The van der Waals surface area contributed by atoms with E-state index in [4.69, 9.17) is 4.55 Å². The summed E-state index contributed by atoms with van der Waals surface area (Å²) in [6.07, 6.45) is -29.1. The van der Waals surface area contributed by atoms with Crippen LogP contribution in [0.1, 0.15) is 0 Å². The lowest BCUT2D eigenvalue weighted by Gasteiger charge is -2.39. The maximum absolute atomic E-state index is 13.4. The summed E-state index contributed by atoms with van der Waals surface area (Å²) < 4.78 is 236. The lowest BCUT2D eigenvalue weighted by molar-refractivity contribution is -0.382. The largest absolute Gasteiger partial charge is 0.382 e. The molecule has 6 atom stereocenters. The normalized spacial score (nSPS) is 20.2. The van der Waals surface area contributed by atoms with Gasteiger partial charge in [0.15, 0.2) is 24.7 Å². The molecule has 0 aromatic rings. The first kappa shape index (κ1) is 32.9. The molecule has 0 heterocycles. The molecule has 6 unspecified atom stereocenters. The van der Waals surface area contributed by atoms with Crippen molar-refractivity contribution >= 4 is 10.1 Å². The molecule has 0 aromatic heterocycles. The van der Waals surface area contributed by atoms with E-state index in [0.717, 1.165) is 0 Å². The standard InChI is InChI=1S/C11H8F16O3S.H3N/c12-1(2(13)4(15)6(17)18)3(14)5(16)8(20,21)10(24,25)11(26,27)9(22,23)7(19)31(28,29)30;/h1-7H,(H,28,29,30);1H3. The molecule has 0 spiro atoms. The average molecular weight is 541 g/mol. The van der Waals surface area contributed by atoms with E-state index in [1.807, 2.05) is 0 Å². The van der Waals surface area contributed by atoms with Crippen LogP contribution in [-0.4, -0.2) is 79.4 Å². The Hall–Kier alpha value is -1.25. The van der Waals surface area contributed by atoms with Crippen LogP contribution in [-0.2, 0) is 10.1 Å². The Labute approximate surface area is 167 Å². The second kappa shape index (κ2) is 9.94. The van der Waals surface area contributed by atoms with Crippen LogP contribution in [0.15, 0.2) is 0 Å². The van der Waals surface area contributed by atoms with Crippen molar-refractivity contribution in [3.63, 3.8) is 0 Å². The lowest BCUT2D eigenvalue weighted by Crippen LogP contribution is -2.69. The van der Waals surface area contributed by atoms with Gasteiger partial charge in [0.1, 0.15) is 0 Å². The van der Waals surface area contributed by atoms with Crippen LogP contribution >= 0.6 is 0 Å². The Morgan fingerprint density at radius 2 is 0.875 bits per heavy atom. The Morgan fingerprint density at radius 3 is 1.19 bits per heavy atom. The minimum Gasteiger partial charge on any atom is -0.344 e. The first-order valence-corrected chi connectivity index (χ1v) is 8.51. The van der Waals surface area contributed by atoms with E-state index < -0.39 is 76.6 Å². The Balaban J connectivity index is 0. The van der Waals surface area contributed by atoms with E-state index >= 15 is 0 Å². The molecule has 32 heavy (non-hydrogen) atoms. The summed E-state index contributed by atoms with van der Waals surface area (Å²) in [5, 5.41) is 0. The summed E-state index contributed by atoms with van der Waals surface area (Å²) >= 11 is 0. The monoisotopic (exact) mass is 541 g/mol. The minimum absolute atomic E-state index is 0. The summed E-state index contributed by atoms with van der Waals surface area (Å²) in [7, 11) is -6.99. The maximum atomic E-state index is 13.4. The molecule has 196 valence electrons. The van der Waals surface area contributed by atoms with Gasteiger partial charge < -0.3 is 6.15 Å². The van der Waals surface area contributed by atoms with Crippen molar-refractivity contribution in [1.82, 2.24) is 6.15 Å². The van der Waals surface area contributed by atoms with E-state index in [2.05, 4.69) is 0 Å². The van der Waals surface area contributed by atoms with Crippen LogP contribution in [0.2, 0.25) is 0 Å². The van der Waals surface area contributed by atoms with E-state index in [0.29, 0.717) is 0 Å². The highest BCUT2D eigenvalue weighted by Crippen LogP contribution is 2.56. The van der Waals surface area contributed by atoms with Crippen LogP contribution in [0.5, 0.6) is 0 Å². The number of rotatable bonds is 11. The van der Waals surface area contributed by atoms with Gasteiger partial charge in [0.2, 0.25) is 6.17 Å². The highest BCUT2D eigenvalue weighted by molar-refractivity contribution is 7.86. The van der Waals surface area contributed by atoms with E-state index in [1.54, 1.807) is 0 Å². The average Bonchev–Trinajstić information content (AvgIpc) is 2.62. The van der Waals surface area contributed by atoms with Gasteiger partial charge in [-0.05, 0) is 0 Å². The molecule has 0 aromatic carbocycles. The molecule has 0 aliphatic rings. The summed E-state index contributed by atoms with van der Waals surface area (Å²) in [4.78, 5) is 0. The van der Waals surface area contributed by atoms with Gasteiger partial charge in [-0.1, -0.05) is 0 Å². The molecule has 0 bridgehead atoms. The second-order valence-corrected chi connectivity index (χ2v) is 7.18. The van der Waals surface area contributed by atoms with Gasteiger partial charge in [-0.3, -0.25) is 4.55 Å². The summed E-state index contributed by atoms with van der Waals surface area (Å²) in [5.74, 6) is -31.0. The van der Waals surface area contributed by atoms with Crippen molar-refractivity contribution in [2.75, 3.05) is 0 Å². The fourth-order valence-corrected chi connectivity index (χ4v) is 2.30. The highest BCUT2D eigenvalue weighted by Gasteiger charge is 2.85. The molecule has 0 rings (SSSR count). The molecule has 0 aliphatic carbocycles. The van der Waals surface area contributed by atoms with Gasteiger partial charge in [0.25, 0.3) is 11.9 Å². The zero-order chi connectivity index (χ0) is 25.5. The van der Waals surface area contributed by atoms with Crippen molar-refractivity contribution in [2.45, 2.75) is 66.5 Å². The molecule has 0 amide bonds.